The Balaban J connectivity index is 1.75. The molecule has 2 aliphatic rings. The van der Waals surface area contributed by atoms with Crippen molar-refractivity contribution in [2.24, 2.45) is 5.92 Å². The first-order valence-electron chi connectivity index (χ1n) is 6.35. The van der Waals surface area contributed by atoms with E-state index in [1.165, 1.54) is 5.56 Å². The van der Waals surface area contributed by atoms with E-state index in [9.17, 15) is 9.59 Å². The molecule has 18 heavy (non-hydrogen) atoms. The first-order chi connectivity index (χ1) is 8.75. The lowest BCUT2D eigenvalue weighted by molar-refractivity contribution is -0.136. The predicted octanol–water partition coefficient (Wildman–Crippen LogP) is 1.55. The van der Waals surface area contributed by atoms with Crippen molar-refractivity contribution in [3.05, 3.63) is 22.4 Å². The van der Waals surface area contributed by atoms with Gasteiger partial charge >= 0.3 is 0 Å². The zero-order chi connectivity index (χ0) is 12.5. The fourth-order valence-electron chi connectivity index (χ4n) is 2.86. The number of carbonyl (C=O) groups excluding carboxylic acids is 2. The van der Waals surface area contributed by atoms with Crippen LogP contribution in [0.4, 0.5) is 0 Å². The molecule has 0 saturated carbocycles. The molecular formula is C13H16N2O2S. The molecule has 1 aromatic rings. The van der Waals surface area contributed by atoms with Crippen LogP contribution in [0.5, 0.6) is 0 Å². The summed E-state index contributed by atoms with van der Waals surface area (Å²) in [6.45, 7) is 1.33. The highest BCUT2D eigenvalue weighted by Crippen LogP contribution is 2.34. The van der Waals surface area contributed by atoms with Gasteiger partial charge in [-0.1, -0.05) is 0 Å². The van der Waals surface area contributed by atoms with Gasteiger partial charge in [0.15, 0.2) is 0 Å². The molecule has 0 aliphatic carbocycles. The SMILES string of the molecule is O=C1CC(C(=O)N2CCCC2c2ccsc2)CN1. The molecule has 96 valence electrons. The van der Waals surface area contributed by atoms with Gasteiger partial charge in [0.05, 0.1) is 12.0 Å². The van der Waals surface area contributed by atoms with Gasteiger partial charge in [-0.05, 0) is 35.2 Å². The number of likely N-dealkylation sites (tertiary alicyclic amines) is 1. The number of hydrogen-bond donors (Lipinski definition) is 1. The van der Waals surface area contributed by atoms with Crippen LogP contribution in [0, 0.1) is 5.92 Å². The topological polar surface area (TPSA) is 49.4 Å². The van der Waals surface area contributed by atoms with Gasteiger partial charge < -0.3 is 10.2 Å². The summed E-state index contributed by atoms with van der Waals surface area (Å²) < 4.78 is 0. The Morgan fingerprint density at radius 3 is 3.06 bits per heavy atom. The van der Waals surface area contributed by atoms with E-state index in [0.717, 1.165) is 19.4 Å². The molecule has 2 atom stereocenters. The second-order valence-electron chi connectivity index (χ2n) is 4.95. The minimum Gasteiger partial charge on any atom is -0.355 e. The third-order valence-corrected chi connectivity index (χ3v) is 4.49. The van der Waals surface area contributed by atoms with Crippen LogP contribution in [-0.2, 0) is 9.59 Å². The summed E-state index contributed by atoms with van der Waals surface area (Å²) in [5, 5.41) is 6.91. The van der Waals surface area contributed by atoms with Crippen LogP contribution < -0.4 is 5.32 Å². The minimum absolute atomic E-state index is 0.000342. The van der Waals surface area contributed by atoms with Crippen molar-refractivity contribution in [2.45, 2.75) is 25.3 Å². The van der Waals surface area contributed by atoms with Gasteiger partial charge in [-0.3, -0.25) is 9.59 Å². The zero-order valence-electron chi connectivity index (χ0n) is 10.1. The molecule has 5 heteroatoms. The number of nitrogens with zero attached hydrogens (tertiary/aromatic N) is 1. The number of nitrogens with one attached hydrogen (secondary N) is 1. The van der Waals surface area contributed by atoms with E-state index in [2.05, 4.69) is 22.1 Å². The van der Waals surface area contributed by atoms with Crippen LogP contribution in [0.1, 0.15) is 30.9 Å². The number of hydrogen-bond acceptors (Lipinski definition) is 3. The average molecular weight is 264 g/mol. The molecule has 2 aliphatic heterocycles. The Morgan fingerprint density at radius 2 is 2.39 bits per heavy atom. The molecular weight excluding hydrogens is 248 g/mol. The fraction of sp³-hybridized carbons (Fsp3) is 0.538. The first kappa shape index (κ1) is 11.7. The quantitative estimate of drug-likeness (QED) is 0.881. The van der Waals surface area contributed by atoms with E-state index in [0.29, 0.717) is 13.0 Å². The van der Waals surface area contributed by atoms with Crippen LogP contribution in [-0.4, -0.2) is 29.8 Å². The van der Waals surface area contributed by atoms with Gasteiger partial charge in [-0.25, -0.2) is 0 Å². The highest BCUT2D eigenvalue weighted by atomic mass is 32.1. The lowest BCUT2D eigenvalue weighted by atomic mass is 10.0. The molecule has 3 rings (SSSR count). The zero-order valence-corrected chi connectivity index (χ0v) is 10.9. The van der Waals surface area contributed by atoms with Crippen LogP contribution in [0.2, 0.25) is 0 Å². The molecule has 1 N–H and O–H groups in total. The Morgan fingerprint density at radius 1 is 1.50 bits per heavy atom. The summed E-state index contributed by atoms with van der Waals surface area (Å²) in [6.07, 6.45) is 2.45. The van der Waals surface area contributed by atoms with E-state index in [-0.39, 0.29) is 23.8 Å². The maximum absolute atomic E-state index is 12.4. The van der Waals surface area contributed by atoms with Gasteiger partial charge in [0.1, 0.15) is 0 Å². The summed E-state index contributed by atoms with van der Waals surface area (Å²) in [7, 11) is 0. The van der Waals surface area contributed by atoms with Gasteiger partial charge in [-0.2, -0.15) is 11.3 Å². The van der Waals surface area contributed by atoms with Crippen LogP contribution in [0.3, 0.4) is 0 Å². The monoisotopic (exact) mass is 264 g/mol. The third-order valence-electron chi connectivity index (χ3n) is 3.79. The number of carbonyl (C=O) groups is 2. The summed E-state index contributed by atoms with van der Waals surface area (Å²) >= 11 is 1.67. The van der Waals surface area contributed by atoms with Crippen molar-refractivity contribution in [3.8, 4) is 0 Å². The minimum atomic E-state index is -0.156. The van der Waals surface area contributed by atoms with E-state index >= 15 is 0 Å². The van der Waals surface area contributed by atoms with Crippen molar-refractivity contribution in [1.29, 1.82) is 0 Å². The molecule has 1 aromatic heterocycles. The van der Waals surface area contributed by atoms with E-state index in [4.69, 9.17) is 0 Å². The standard InChI is InChI=1S/C13H16N2O2S/c16-12-6-10(7-14-12)13(17)15-4-1-2-11(15)9-3-5-18-8-9/h3,5,8,10-11H,1-2,4,6-7H2,(H,14,16). The maximum atomic E-state index is 12.4. The van der Waals surface area contributed by atoms with Crippen molar-refractivity contribution in [3.63, 3.8) is 0 Å². The Bertz CT molecular complexity index is 458. The van der Waals surface area contributed by atoms with Crippen molar-refractivity contribution in [1.82, 2.24) is 10.2 Å². The summed E-state index contributed by atoms with van der Waals surface area (Å²) in [4.78, 5) is 25.6. The molecule has 0 bridgehead atoms. The predicted molar refractivity (Wildman–Crippen MR) is 69.1 cm³/mol. The number of amides is 2. The normalized spacial score (nSPS) is 27.6. The first-order valence-corrected chi connectivity index (χ1v) is 7.29. The number of rotatable bonds is 2. The molecule has 2 fully saturated rings. The molecule has 2 saturated heterocycles. The van der Waals surface area contributed by atoms with Crippen LogP contribution in [0.15, 0.2) is 16.8 Å². The van der Waals surface area contributed by atoms with Crippen molar-refractivity contribution in [2.75, 3.05) is 13.1 Å². The highest BCUT2D eigenvalue weighted by molar-refractivity contribution is 7.07. The molecule has 2 amide bonds. The lowest BCUT2D eigenvalue weighted by Gasteiger charge is -2.26. The summed E-state index contributed by atoms with van der Waals surface area (Å²) in [5.74, 6) is -0.0154. The van der Waals surface area contributed by atoms with E-state index < -0.39 is 0 Å². The third kappa shape index (κ3) is 2.03. The highest BCUT2D eigenvalue weighted by Gasteiger charge is 2.37. The second kappa shape index (κ2) is 4.72. The molecule has 0 aromatic carbocycles. The Labute approximate surface area is 110 Å². The van der Waals surface area contributed by atoms with Crippen LogP contribution >= 0.6 is 11.3 Å². The molecule has 3 heterocycles. The Hall–Kier alpha value is -1.36. The summed E-state index contributed by atoms with van der Waals surface area (Å²) in [5.41, 5.74) is 1.24. The maximum Gasteiger partial charge on any atom is 0.228 e. The average Bonchev–Trinajstić information content (AvgIpc) is 3.08. The van der Waals surface area contributed by atoms with Gasteiger partial charge in [0, 0.05) is 19.5 Å². The Kier molecular flexibility index (Phi) is 3.07. The molecule has 2 unspecified atom stereocenters. The smallest absolute Gasteiger partial charge is 0.228 e. The van der Waals surface area contributed by atoms with Crippen molar-refractivity contribution >= 4 is 23.2 Å². The van der Waals surface area contributed by atoms with Crippen LogP contribution in [0.25, 0.3) is 0 Å². The summed E-state index contributed by atoms with van der Waals surface area (Å²) in [6, 6.07) is 2.32. The molecule has 4 nitrogen and oxygen atoms in total. The second-order valence-corrected chi connectivity index (χ2v) is 5.73. The molecule has 0 spiro atoms. The largest absolute Gasteiger partial charge is 0.355 e. The van der Waals surface area contributed by atoms with Crippen molar-refractivity contribution < 1.29 is 9.59 Å². The number of thiophene rings is 1. The molecule has 0 radical (unpaired) electrons. The van der Waals surface area contributed by atoms with E-state index in [1.54, 1.807) is 11.3 Å². The van der Waals surface area contributed by atoms with Gasteiger partial charge in [0.25, 0.3) is 0 Å². The van der Waals surface area contributed by atoms with E-state index in [1.807, 2.05) is 4.90 Å². The van der Waals surface area contributed by atoms with Gasteiger partial charge in [-0.15, -0.1) is 0 Å². The van der Waals surface area contributed by atoms with Gasteiger partial charge in [0.2, 0.25) is 11.8 Å². The lowest BCUT2D eigenvalue weighted by Crippen LogP contribution is -2.36. The fourth-order valence-corrected chi connectivity index (χ4v) is 3.56.